The van der Waals surface area contributed by atoms with Crippen LogP contribution in [0.4, 0.5) is 18.9 Å². The number of hydrogen-bond donors (Lipinski definition) is 0. The van der Waals surface area contributed by atoms with E-state index in [0.717, 1.165) is 18.9 Å². The lowest BCUT2D eigenvalue weighted by atomic mass is 10.0. The molecule has 122 valence electrons. The number of hydrogen-bond acceptors (Lipinski definition) is 2. The molecule has 0 N–H and O–H groups in total. The average Bonchev–Trinajstić information content (AvgIpc) is 2.54. The largest absolute Gasteiger partial charge is 0.366 e. The maximum atomic E-state index is 13.8. The lowest BCUT2D eigenvalue weighted by Gasteiger charge is -2.37. The van der Waals surface area contributed by atoms with Crippen LogP contribution < -0.4 is 4.90 Å². The van der Waals surface area contributed by atoms with Gasteiger partial charge < -0.3 is 9.80 Å². The fraction of sp³-hybridized carbons (Fsp3) is 0.562. The molecule has 6 heteroatoms. The number of carbonyl (C=O) groups is 1. The second kappa shape index (κ2) is 7.03. The lowest BCUT2D eigenvalue weighted by molar-refractivity contribution is -0.136. The molecule has 1 amide bonds. The first kappa shape index (κ1) is 16.6. The van der Waals surface area contributed by atoms with Crippen molar-refractivity contribution in [2.24, 2.45) is 5.92 Å². The number of benzene rings is 1. The summed E-state index contributed by atoms with van der Waals surface area (Å²) in [5.74, 6) is -3.67. The summed E-state index contributed by atoms with van der Waals surface area (Å²) in [6.07, 6.45) is 1.60. The van der Waals surface area contributed by atoms with Crippen LogP contribution in [0, 0.1) is 23.4 Å². The predicted octanol–water partition coefficient (Wildman–Crippen LogP) is 3.19. The average molecular weight is 314 g/mol. The zero-order valence-electron chi connectivity index (χ0n) is 12.9. The van der Waals surface area contributed by atoms with Gasteiger partial charge in [0.05, 0.1) is 5.69 Å². The van der Waals surface area contributed by atoms with Crippen LogP contribution in [0.1, 0.15) is 26.7 Å². The van der Waals surface area contributed by atoms with E-state index in [0.29, 0.717) is 26.2 Å². The Balaban J connectivity index is 2.04. The van der Waals surface area contributed by atoms with E-state index in [-0.39, 0.29) is 17.5 Å². The van der Waals surface area contributed by atoms with Gasteiger partial charge >= 0.3 is 0 Å². The fourth-order valence-corrected chi connectivity index (χ4v) is 2.82. The molecule has 0 aliphatic carbocycles. The molecule has 0 saturated carbocycles. The number of piperazine rings is 1. The Morgan fingerprint density at radius 2 is 1.64 bits per heavy atom. The Hall–Kier alpha value is -1.72. The summed E-state index contributed by atoms with van der Waals surface area (Å²) in [7, 11) is 0. The van der Waals surface area contributed by atoms with Crippen LogP contribution in [0.5, 0.6) is 0 Å². The molecule has 0 atom stereocenters. The first-order chi connectivity index (χ1) is 10.5. The molecule has 1 aliphatic heterocycles. The third-order valence-corrected chi connectivity index (χ3v) is 4.28. The molecule has 1 fully saturated rings. The third kappa shape index (κ3) is 3.20. The van der Waals surface area contributed by atoms with Gasteiger partial charge in [-0.3, -0.25) is 4.79 Å². The van der Waals surface area contributed by atoms with Gasteiger partial charge in [-0.15, -0.1) is 0 Å². The number of nitrogens with zero attached hydrogens (tertiary/aromatic N) is 2. The summed E-state index contributed by atoms with van der Waals surface area (Å²) in [5, 5.41) is 0. The summed E-state index contributed by atoms with van der Waals surface area (Å²) in [5.41, 5.74) is 0.0496. The summed E-state index contributed by atoms with van der Waals surface area (Å²) in [6.45, 7) is 5.72. The topological polar surface area (TPSA) is 23.6 Å². The van der Waals surface area contributed by atoms with Gasteiger partial charge in [0.2, 0.25) is 5.91 Å². The molecule has 1 heterocycles. The minimum absolute atomic E-state index is 0.0200. The Kier molecular flexibility index (Phi) is 5.32. The van der Waals surface area contributed by atoms with Crippen molar-refractivity contribution in [3.63, 3.8) is 0 Å². The van der Waals surface area contributed by atoms with E-state index in [1.807, 2.05) is 13.8 Å². The van der Waals surface area contributed by atoms with Gasteiger partial charge in [-0.25, -0.2) is 13.2 Å². The van der Waals surface area contributed by atoms with Gasteiger partial charge in [0.1, 0.15) is 0 Å². The van der Waals surface area contributed by atoms with E-state index in [4.69, 9.17) is 0 Å². The van der Waals surface area contributed by atoms with Crippen molar-refractivity contribution in [2.45, 2.75) is 26.7 Å². The maximum Gasteiger partial charge on any atom is 0.225 e. The van der Waals surface area contributed by atoms with E-state index in [2.05, 4.69) is 0 Å². The van der Waals surface area contributed by atoms with Crippen molar-refractivity contribution in [2.75, 3.05) is 31.1 Å². The molecular weight excluding hydrogens is 293 g/mol. The molecule has 3 nitrogen and oxygen atoms in total. The zero-order valence-corrected chi connectivity index (χ0v) is 12.9. The second-order valence-electron chi connectivity index (χ2n) is 5.52. The van der Waals surface area contributed by atoms with Crippen LogP contribution in [0.15, 0.2) is 12.1 Å². The Morgan fingerprint density at radius 1 is 1.05 bits per heavy atom. The van der Waals surface area contributed by atoms with E-state index < -0.39 is 17.5 Å². The van der Waals surface area contributed by atoms with Crippen LogP contribution in [0.2, 0.25) is 0 Å². The van der Waals surface area contributed by atoms with E-state index in [9.17, 15) is 18.0 Å². The number of amides is 1. The summed E-state index contributed by atoms with van der Waals surface area (Å²) >= 11 is 0. The van der Waals surface area contributed by atoms with Crippen LogP contribution in [0.3, 0.4) is 0 Å². The van der Waals surface area contributed by atoms with E-state index >= 15 is 0 Å². The van der Waals surface area contributed by atoms with Gasteiger partial charge in [-0.05, 0) is 25.0 Å². The highest BCUT2D eigenvalue weighted by Gasteiger charge is 2.27. The summed E-state index contributed by atoms with van der Waals surface area (Å²) < 4.78 is 40.1. The minimum atomic E-state index is -1.45. The van der Waals surface area contributed by atoms with Crippen LogP contribution in [0.25, 0.3) is 0 Å². The second-order valence-corrected chi connectivity index (χ2v) is 5.52. The molecular formula is C16H21F3N2O. The van der Waals surface area contributed by atoms with Crippen molar-refractivity contribution >= 4 is 11.6 Å². The molecule has 1 aromatic rings. The van der Waals surface area contributed by atoms with Crippen molar-refractivity contribution in [3.8, 4) is 0 Å². The fourth-order valence-electron chi connectivity index (χ4n) is 2.82. The summed E-state index contributed by atoms with van der Waals surface area (Å²) in [4.78, 5) is 15.7. The number of halogens is 3. The zero-order chi connectivity index (χ0) is 16.3. The minimum Gasteiger partial charge on any atom is -0.366 e. The molecule has 22 heavy (non-hydrogen) atoms. The highest BCUT2D eigenvalue weighted by atomic mass is 19.2. The Labute approximate surface area is 128 Å². The first-order valence-corrected chi connectivity index (χ1v) is 7.66. The normalized spacial score (nSPS) is 15.5. The number of rotatable bonds is 4. The smallest absolute Gasteiger partial charge is 0.225 e. The first-order valence-electron chi connectivity index (χ1n) is 7.66. The van der Waals surface area contributed by atoms with Crippen molar-refractivity contribution < 1.29 is 18.0 Å². The van der Waals surface area contributed by atoms with Crippen LogP contribution in [-0.2, 0) is 4.79 Å². The van der Waals surface area contributed by atoms with Crippen molar-refractivity contribution in [3.05, 3.63) is 29.6 Å². The SMILES string of the molecule is CCC(CC)C(=O)N1CCN(c2ccc(F)c(F)c2F)CC1. The number of anilines is 1. The highest BCUT2D eigenvalue weighted by molar-refractivity contribution is 5.79. The third-order valence-electron chi connectivity index (χ3n) is 4.28. The van der Waals surface area contributed by atoms with E-state index in [1.165, 1.54) is 6.07 Å². The van der Waals surface area contributed by atoms with Crippen LogP contribution >= 0.6 is 0 Å². The van der Waals surface area contributed by atoms with Crippen molar-refractivity contribution in [1.29, 1.82) is 0 Å². The molecule has 0 unspecified atom stereocenters. The predicted molar refractivity (Wildman–Crippen MR) is 79.2 cm³/mol. The maximum absolute atomic E-state index is 13.8. The highest BCUT2D eigenvalue weighted by Crippen LogP contribution is 2.25. The molecule has 0 aromatic heterocycles. The monoisotopic (exact) mass is 314 g/mol. The molecule has 1 saturated heterocycles. The van der Waals surface area contributed by atoms with Gasteiger partial charge in [0, 0.05) is 32.1 Å². The Bertz CT molecular complexity index is 538. The molecule has 2 rings (SSSR count). The Morgan fingerprint density at radius 3 is 2.18 bits per heavy atom. The van der Waals surface area contributed by atoms with Gasteiger partial charge in [0.25, 0.3) is 0 Å². The standard InChI is InChI=1S/C16H21F3N2O/c1-3-11(4-2)16(22)21-9-7-20(8-10-21)13-6-5-12(17)14(18)15(13)19/h5-6,11H,3-4,7-10H2,1-2H3. The molecule has 0 bridgehead atoms. The van der Waals surface area contributed by atoms with Crippen LogP contribution in [-0.4, -0.2) is 37.0 Å². The summed E-state index contributed by atoms with van der Waals surface area (Å²) in [6, 6.07) is 2.17. The quantitative estimate of drug-likeness (QED) is 0.797. The molecule has 1 aliphatic rings. The number of carbonyl (C=O) groups excluding carboxylic acids is 1. The van der Waals surface area contributed by atoms with Gasteiger partial charge in [0.15, 0.2) is 17.5 Å². The molecule has 1 aromatic carbocycles. The van der Waals surface area contributed by atoms with E-state index in [1.54, 1.807) is 9.80 Å². The molecule has 0 radical (unpaired) electrons. The molecule has 0 spiro atoms. The van der Waals surface area contributed by atoms with Crippen molar-refractivity contribution in [1.82, 2.24) is 4.90 Å². The lowest BCUT2D eigenvalue weighted by Crippen LogP contribution is -2.50. The van der Waals surface area contributed by atoms with Gasteiger partial charge in [-0.2, -0.15) is 0 Å². The van der Waals surface area contributed by atoms with Gasteiger partial charge in [-0.1, -0.05) is 13.8 Å².